The molecule has 0 radical (unpaired) electrons. The molecule has 1 heterocycles. The van der Waals surface area contributed by atoms with Crippen LogP contribution in [0.4, 0.5) is 0 Å². The molecule has 5 rings (SSSR count). The number of carbonyl (C=O) groups is 2. The molecule has 1 spiro atoms. The van der Waals surface area contributed by atoms with Crippen LogP contribution in [0.3, 0.4) is 0 Å². The second-order valence-electron chi connectivity index (χ2n) is 8.71. The number of rotatable bonds is 7. The van der Waals surface area contributed by atoms with Crippen molar-refractivity contribution in [2.24, 2.45) is 17.8 Å². The number of fused-ring (bicyclic) bond motifs is 3. The van der Waals surface area contributed by atoms with Gasteiger partial charge in [0.05, 0.1) is 12.7 Å². The quantitative estimate of drug-likeness (QED) is 0.715. The van der Waals surface area contributed by atoms with Crippen LogP contribution in [0.25, 0.3) is 0 Å². The molecule has 164 valence electrons. The molecule has 4 atom stereocenters. The Morgan fingerprint density at radius 1 is 1.33 bits per heavy atom. The van der Waals surface area contributed by atoms with Gasteiger partial charge >= 0.3 is 0 Å². The molecule has 1 aliphatic heterocycles. The smallest absolute Gasteiger partial charge is 0.258 e. The third kappa shape index (κ3) is 3.75. The lowest BCUT2D eigenvalue weighted by Crippen LogP contribution is -2.67. The van der Waals surface area contributed by atoms with Gasteiger partial charge in [0, 0.05) is 37.4 Å². The number of carbonyl (C=O) groups excluding carboxylic acids is 2. The molecule has 7 heteroatoms. The standard InChI is InChI=1S/C23H33N3O4/c1-4-26(5-2)11-10-24-21(27)19-12-16-7-6-15(19)14-23(16)25-22(28)18-9-8-17(29-3)13-20(18)30-23/h8-9,13,15-16,19H,4-7,10-12,14H2,1-3H3,(H,24,27)(H,25,28)/t15-,16+,19-,23-/m0/s1. The second-order valence-corrected chi connectivity index (χ2v) is 8.71. The highest BCUT2D eigenvalue weighted by atomic mass is 16.5. The van der Waals surface area contributed by atoms with Crippen molar-refractivity contribution in [3.8, 4) is 11.5 Å². The summed E-state index contributed by atoms with van der Waals surface area (Å²) in [6, 6.07) is 5.30. The number of methoxy groups -OCH3 is 1. The third-order valence-corrected chi connectivity index (χ3v) is 7.23. The lowest BCUT2D eigenvalue weighted by molar-refractivity contribution is -0.146. The summed E-state index contributed by atoms with van der Waals surface area (Å²) in [7, 11) is 1.60. The molecule has 2 bridgehead atoms. The average Bonchev–Trinajstić information content (AvgIpc) is 2.76. The maximum atomic E-state index is 12.9. The van der Waals surface area contributed by atoms with E-state index < -0.39 is 5.72 Å². The van der Waals surface area contributed by atoms with Crippen LogP contribution in [0.1, 0.15) is 49.9 Å². The number of ether oxygens (including phenoxy) is 2. The van der Waals surface area contributed by atoms with Gasteiger partial charge in [0.1, 0.15) is 11.5 Å². The van der Waals surface area contributed by atoms with E-state index in [0.29, 0.717) is 30.0 Å². The zero-order chi connectivity index (χ0) is 21.3. The van der Waals surface area contributed by atoms with E-state index in [1.54, 1.807) is 25.3 Å². The predicted octanol–water partition coefficient (Wildman–Crippen LogP) is 2.41. The van der Waals surface area contributed by atoms with Crippen molar-refractivity contribution in [3.63, 3.8) is 0 Å². The zero-order valence-electron chi connectivity index (χ0n) is 18.2. The number of nitrogens with one attached hydrogen (secondary N) is 2. The Bertz CT molecular complexity index is 810. The largest absolute Gasteiger partial charge is 0.497 e. The molecule has 3 fully saturated rings. The van der Waals surface area contributed by atoms with E-state index in [1.165, 1.54) is 0 Å². The van der Waals surface area contributed by atoms with E-state index in [2.05, 4.69) is 29.4 Å². The van der Waals surface area contributed by atoms with Gasteiger partial charge in [-0.25, -0.2) is 0 Å². The topological polar surface area (TPSA) is 79.9 Å². The van der Waals surface area contributed by atoms with Crippen molar-refractivity contribution in [3.05, 3.63) is 23.8 Å². The van der Waals surface area contributed by atoms with Gasteiger partial charge in [0.2, 0.25) is 5.91 Å². The van der Waals surface area contributed by atoms with Crippen LogP contribution >= 0.6 is 0 Å². The molecular weight excluding hydrogens is 382 g/mol. The summed E-state index contributed by atoms with van der Waals surface area (Å²) in [5, 5.41) is 6.29. The van der Waals surface area contributed by atoms with Gasteiger partial charge in [-0.2, -0.15) is 0 Å². The summed E-state index contributed by atoms with van der Waals surface area (Å²) in [6.07, 6.45) is 3.40. The van der Waals surface area contributed by atoms with Crippen LogP contribution in [0.5, 0.6) is 11.5 Å². The van der Waals surface area contributed by atoms with Gasteiger partial charge in [-0.05, 0) is 50.4 Å². The summed E-state index contributed by atoms with van der Waals surface area (Å²) >= 11 is 0. The molecule has 1 aromatic rings. The molecule has 2 amide bonds. The predicted molar refractivity (Wildman–Crippen MR) is 114 cm³/mol. The van der Waals surface area contributed by atoms with Gasteiger partial charge < -0.3 is 25.0 Å². The Kier molecular flexibility index (Phi) is 5.91. The summed E-state index contributed by atoms with van der Waals surface area (Å²) in [5.74, 6) is 1.64. The van der Waals surface area contributed by atoms with E-state index in [4.69, 9.17) is 9.47 Å². The van der Waals surface area contributed by atoms with Gasteiger partial charge in [0.25, 0.3) is 5.91 Å². The average molecular weight is 416 g/mol. The second kappa shape index (κ2) is 8.46. The minimum Gasteiger partial charge on any atom is -0.497 e. The minimum absolute atomic E-state index is 0.00159. The first kappa shape index (κ1) is 21.0. The molecule has 3 aliphatic carbocycles. The molecule has 4 aliphatic rings. The van der Waals surface area contributed by atoms with E-state index >= 15 is 0 Å². The molecular formula is C23H33N3O4. The van der Waals surface area contributed by atoms with Crippen LogP contribution in [0.2, 0.25) is 0 Å². The SMILES string of the molecule is CCN(CC)CCNC(=O)[C@H]1C[C@H]2CC[C@H]1C[C@@]21NC(=O)c2ccc(OC)cc2O1. The van der Waals surface area contributed by atoms with Crippen molar-refractivity contribution in [2.45, 2.75) is 45.3 Å². The highest BCUT2D eigenvalue weighted by Gasteiger charge is 2.57. The molecule has 0 unspecified atom stereocenters. The first-order valence-corrected chi connectivity index (χ1v) is 11.2. The fourth-order valence-electron chi connectivity index (χ4n) is 5.45. The zero-order valence-corrected chi connectivity index (χ0v) is 18.2. The third-order valence-electron chi connectivity index (χ3n) is 7.23. The number of nitrogens with zero attached hydrogens (tertiary/aromatic N) is 1. The Balaban J connectivity index is 1.44. The fourth-order valence-corrected chi connectivity index (χ4v) is 5.45. The number of hydrogen-bond acceptors (Lipinski definition) is 5. The van der Waals surface area contributed by atoms with Gasteiger partial charge in [0.15, 0.2) is 5.72 Å². The van der Waals surface area contributed by atoms with Crippen LogP contribution in [-0.2, 0) is 4.79 Å². The molecule has 2 N–H and O–H groups in total. The molecule has 0 saturated heterocycles. The van der Waals surface area contributed by atoms with Gasteiger partial charge in [-0.1, -0.05) is 13.8 Å². The molecule has 0 aromatic heterocycles. The van der Waals surface area contributed by atoms with Crippen molar-refractivity contribution >= 4 is 11.8 Å². The van der Waals surface area contributed by atoms with Crippen molar-refractivity contribution in [1.29, 1.82) is 0 Å². The fraction of sp³-hybridized carbons (Fsp3) is 0.652. The van der Waals surface area contributed by atoms with Crippen LogP contribution in [0.15, 0.2) is 18.2 Å². The first-order valence-electron chi connectivity index (χ1n) is 11.2. The summed E-state index contributed by atoms with van der Waals surface area (Å²) < 4.78 is 11.7. The summed E-state index contributed by atoms with van der Waals surface area (Å²) in [4.78, 5) is 28.0. The van der Waals surface area contributed by atoms with Crippen molar-refractivity contribution < 1.29 is 19.1 Å². The number of benzene rings is 1. The molecule has 3 saturated carbocycles. The van der Waals surface area contributed by atoms with Gasteiger partial charge in [-0.3, -0.25) is 9.59 Å². The van der Waals surface area contributed by atoms with E-state index in [9.17, 15) is 9.59 Å². The number of amides is 2. The lowest BCUT2D eigenvalue weighted by atomic mass is 9.60. The highest BCUT2D eigenvalue weighted by Crippen LogP contribution is 2.52. The molecule has 7 nitrogen and oxygen atoms in total. The Hall–Kier alpha value is -2.28. The van der Waals surface area contributed by atoms with E-state index in [-0.39, 0.29) is 29.6 Å². The molecule has 30 heavy (non-hydrogen) atoms. The number of hydrogen-bond donors (Lipinski definition) is 2. The van der Waals surface area contributed by atoms with Crippen molar-refractivity contribution in [2.75, 3.05) is 33.3 Å². The van der Waals surface area contributed by atoms with Crippen molar-refractivity contribution in [1.82, 2.24) is 15.5 Å². The van der Waals surface area contributed by atoms with Crippen LogP contribution in [0, 0.1) is 17.8 Å². The summed E-state index contributed by atoms with van der Waals surface area (Å²) in [5.41, 5.74) is -0.175. The maximum absolute atomic E-state index is 12.9. The monoisotopic (exact) mass is 415 g/mol. The summed E-state index contributed by atoms with van der Waals surface area (Å²) in [6.45, 7) is 7.81. The Labute approximate surface area is 178 Å². The van der Waals surface area contributed by atoms with Gasteiger partial charge in [-0.15, -0.1) is 0 Å². The number of likely N-dealkylation sites (N-methyl/N-ethyl adjacent to an activating group) is 1. The Morgan fingerprint density at radius 2 is 2.13 bits per heavy atom. The maximum Gasteiger partial charge on any atom is 0.258 e. The van der Waals surface area contributed by atoms with E-state index in [1.807, 2.05) is 0 Å². The minimum atomic E-state index is -0.711. The lowest BCUT2D eigenvalue weighted by Gasteiger charge is -2.55. The highest BCUT2D eigenvalue weighted by molar-refractivity contribution is 5.98. The van der Waals surface area contributed by atoms with E-state index in [0.717, 1.165) is 38.9 Å². The van der Waals surface area contributed by atoms with Crippen LogP contribution < -0.4 is 20.1 Å². The van der Waals surface area contributed by atoms with Crippen LogP contribution in [-0.4, -0.2) is 55.7 Å². The normalized spacial score (nSPS) is 29.3. The first-order chi connectivity index (χ1) is 14.5. The Morgan fingerprint density at radius 3 is 2.80 bits per heavy atom. The molecule has 1 aromatic carbocycles.